The summed E-state index contributed by atoms with van der Waals surface area (Å²) >= 11 is 3.00. The summed E-state index contributed by atoms with van der Waals surface area (Å²) in [6.45, 7) is 1.53. The van der Waals surface area contributed by atoms with E-state index in [1.54, 1.807) is 5.38 Å². The molecule has 2 aliphatic rings. The van der Waals surface area contributed by atoms with Crippen molar-refractivity contribution in [1.82, 2.24) is 20.7 Å². The first-order chi connectivity index (χ1) is 15.1. The van der Waals surface area contributed by atoms with E-state index in [2.05, 4.69) is 15.8 Å². The Morgan fingerprint density at radius 3 is 2.52 bits per heavy atom. The number of carbonyl (C=O) groups is 3. The van der Waals surface area contributed by atoms with Crippen LogP contribution < -0.4 is 10.9 Å². The highest BCUT2D eigenvalue weighted by Crippen LogP contribution is 2.32. The second-order valence-electron chi connectivity index (χ2n) is 8.32. The van der Waals surface area contributed by atoms with Gasteiger partial charge in [-0.2, -0.15) is 11.3 Å². The Kier molecular flexibility index (Phi) is 7.34. The Morgan fingerprint density at radius 1 is 1.03 bits per heavy atom. The molecule has 166 valence electrons. The van der Waals surface area contributed by atoms with Crippen LogP contribution >= 0.6 is 22.7 Å². The molecule has 0 bridgehead atoms. The van der Waals surface area contributed by atoms with Gasteiger partial charge in [0.1, 0.15) is 5.69 Å². The third-order valence-electron chi connectivity index (χ3n) is 6.13. The number of thiazole rings is 1. The van der Waals surface area contributed by atoms with Gasteiger partial charge in [0.25, 0.3) is 5.91 Å². The molecular formula is C22H28N4O3S2. The van der Waals surface area contributed by atoms with E-state index in [1.807, 2.05) is 21.7 Å². The highest BCUT2D eigenvalue weighted by Gasteiger charge is 2.30. The van der Waals surface area contributed by atoms with Crippen LogP contribution in [0.2, 0.25) is 0 Å². The molecule has 2 aromatic rings. The molecule has 0 atom stereocenters. The van der Waals surface area contributed by atoms with Crippen LogP contribution in [0.5, 0.6) is 0 Å². The molecule has 7 nitrogen and oxygen atoms in total. The molecule has 1 saturated carbocycles. The van der Waals surface area contributed by atoms with Crippen molar-refractivity contribution in [3.63, 3.8) is 0 Å². The molecule has 4 rings (SSSR count). The SMILES string of the molecule is O=C(Cc1ccsc1)NNC(=O)c1csc(C2CCN(C(=O)C3CCCCC3)CC2)n1. The number of hydrogen-bond acceptors (Lipinski definition) is 6. The molecule has 0 spiro atoms. The van der Waals surface area contributed by atoms with Crippen LogP contribution in [0, 0.1) is 5.92 Å². The van der Waals surface area contributed by atoms with Crippen LogP contribution in [-0.2, 0) is 16.0 Å². The van der Waals surface area contributed by atoms with Crippen LogP contribution in [0.4, 0.5) is 0 Å². The summed E-state index contributed by atoms with van der Waals surface area (Å²) in [5.41, 5.74) is 6.12. The molecule has 1 saturated heterocycles. The van der Waals surface area contributed by atoms with E-state index in [0.29, 0.717) is 11.6 Å². The van der Waals surface area contributed by atoms with Gasteiger partial charge in [0.2, 0.25) is 11.8 Å². The Balaban J connectivity index is 1.23. The van der Waals surface area contributed by atoms with Crippen molar-refractivity contribution >= 4 is 40.4 Å². The van der Waals surface area contributed by atoms with Crippen molar-refractivity contribution in [2.75, 3.05) is 13.1 Å². The molecular weight excluding hydrogens is 432 g/mol. The molecule has 0 aromatic carbocycles. The fourth-order valence-electron chi connectivity index (χ4n) is 4.35. The number of hydrogen-bond donors (Lipinski definition) is 2. The predicted molar refractivity (Wildman–Crippen MR) is 121 cm³/mol. The lowest BCUT2D eigenvalue weighted by molar-refractivity contribution is -0.137. The fourth-order valence-corrected chi connectivity index (χ4v) is 5.99. The second kappa shape index (κ2) is 10.4. The number of aromatic nitrogens is 1. The molecule has 2 fully saturated rings. The molecule has 31 heavy (non-hydrogen) atoms. The number of amides is 3. The normalized spacial score (nSPS) is 18.0. The van der Waals surface area contributed by atoms with E-state index in [1.165, 1.54) is 41.9 Å². The van der Waals surface area contributed by atoms with Gasteiger partial charge in [0, 0.05) is 30.3 Å². The summed E-state index contributed by atoms with van der Waals surface area (Å²) in [5.74, 6) is 0.143. The number of nitrogens with one attached hydrogen (secondary N) is 2. The molecule has 2 N–H and O–H groups in total. The number of hydrazine groups is 1. The van der Waals surface area contributed by atoms with Crippen molar-refractivity contribution < 1.29 is 14.4 Å². The van der Waals surface area contributed by atoms with Crippen molar-refractivity contribution in [3.05, 3.63) is 38.5 Å². The van der Waals surface area contributed by atoms with Crippen molar-refractivity contribution in [1.29, 1.82) is 0 Å². The second-order valence-corrected chi connectivity index (χ2v) is 9.99. The third-order valence-corrected chi connectivity index (χ3v) is 7.86. The van der Waals surface area contributed by atoms with Crippen molar-refractivity contribution in [2.24, 2.45) is 5.92 Å². The summed E-state index contributed by atoms with van der Waals surface area (Å²) in [5, 5.41) is 6.48. The van der Waals surface area contributed by atoms with Gasteiger partial charge in [-0.1, -0.05) is 19.3 Å². The standard InChI is InChI=1S/C22H28N4O3S2/c27-19(12-15-8-11-30-13-15)24-25-20(28)18-14-31-21(23-18)16-6-9-26(10-7-16)22(29)17-4-2-1-3-5-17/h8,11,13-14,16-17H,1-7,9-10,12H2,(H,24,27)(H,25,28). The molecule has 3 amide bonds. The minimum Gasteiger partial charge on any atom is -0.342 e. The number of likely N-dealkylation sites (tertiary alicyclic amines) is 1. The minimum atomic E-state index is -0.411. The molecule has 2 aromatic heterocycles. The van der Waals surface area contributed by atoms with Gasteiger partial charge in [-0.3, -0.25) is 25.2 Å². The average molecular weight is 461 g/mol. The van der Waals surface area contributed by atoms with Crippen LogP contribution in [0.15, 0.2) is 22.2 Å². The highest BCUT2D eigenvalue weighted by atomic mass is 32.1. The van der Waals surface area contributed by atoms with Gasteiger partial charge in [-0.25, -0.2) is 4.98 Å². The van der Waals surface area contributed by atoms with E-state index in [0.717, 1.165) is 49.3 Å². The van der Waals surface area contributed by atoms with Crippen molar-refractivity contribution in [2.45, 2.75) is 57.3 Å². The van der Waals surface area contributed by atoms with E-state index in [4.69, 9.17) is 0 Å². The average Bonchev–Trinajstić information content (AvgIpc) is 3.50. The summed E-state index contributed by atoms with van der Waals surface area (Å²) in [7, 11) is 0. The molecule has 0 unspecified atom stereocenters. The first-order valence-corrected chi connectivity index (χ1v) is 12.8. The largest absolute Gasteiger partial charge is 0.342 e. The fraction of sp³-hybridized carbons (Fsp3) is 0.545. The van der Waals surface area contributed by atoms with Crippen LogP contribution in [0.1, 0.15) is 71.9 Å². The summed E-state index contributed by atoms with van der Waals surface area (Å²) in [6, 6.07) is 1.88. The van der Waals surface area contributed by atoms with Crippen LogP contribution in [0.3, 0.4) is 0 Å². The maximum atomic E-state index is 12.7. The Morgan fingerprint density at radius 2 is 1.81 bits per heavy atom. The van der Waals surface area contributed by atoms with Gasteiger partial charge in [-0.05, 0) is 48.1 Å². The number of rotatable bonds is 5. The van der Waals surface area contributed by atoms with E-state index < -0.39 is 5.91 Å². The van der Waals surface area contributed by atoms with Crippen LogP contribution in [0.25, 0.3) is 0 Å². The highest BCUT2D eigenvalue weighted by molar-refractivity contribution is 7.10. The number of thiophene rings is 1. The quantitative estimate of drug-likeness (QED) is 0.668. The van der Waals surface area contributed by atoms with Gasteiger partial charge in [0.15, 0.2) is 0 Å². The Labute approximate surface area is 190 Å². The lowest BCUT2D eigenvalue weighted by Gasteiger charge is -2.34. The summed E-state index contributed by atoms with van der Waals surface area (Å²) in [6.07, 6.45) is 7.65. The maximum absolute atomic E-state index is 12.7. The van der Waals surface area contributed by atoms with E-state index in [-0.39, 0.29) is 24.2 Å². The Hall–Kier alpha value is -2.26. The number of nitrogens with zero attached hydrogens (tertiary/aromatic N) is 2. The first-order valence-electron chi connectivity index (χ1n) is 10.9. The summed E-state index contributed by atoms with van der Waals surface area (Å²) < 4.78 is 0. The molecule has 1 aliphatic carbocycles. The molecule has 0 radical (unpaired) electrons. The predicted octanol–water partition coefficient (Wildman–Crippen LogP) is 3.49. The third kappa shape index (κ3) is 5.71. The number of carbonyl (C=O) groups excluding carboxylic acids is 3. The lowest BCUT2D eigenvalue weighted by atomic mass is 9.87. The van der Waals surface area contributed by atoms with Gasteiger partial charge >= 0.3 is 0 Å². The van der Waals surface area contributed by atoms with Crippen LogP contribution in [-0.4, -0.2) is 40.7 Å². The van der Waals surface area contributed by atoms with Gasteiger partial charge in [0.05, 0.1) is 11.4 Å². The zero-order chi connectivity index (χ0) is 21.6. The van der Waals surface area contributed by atoms with E-state index in [9.17, 15) is 14.4 Å². The van der Waals surface area contributed by atoms with E-state index >= 15 is 0 Å². The first kappa shape index (κ1) is 22.0. The monoisotopic (exact) mass is 460 g/mol. The maximum Gasteiger partial charge on any atom is 0.289 e. The summed E-state index contributed by atoms with van der Waals surface area (Å²) in [4.78, 5) is 43.5. The lowest BCUT2D eigenvalue weighted by Crippen LogP contribution is -2.42. The van der Waals surface area contributed by atoms with Crippen molar-refractivity contribution in [3.8, 4) is 0 Å². The van der Waals surface area contributed by atoms with Gasteiger partial charge < -0.3 is 4.90 Å². The zero-order valence-corrected chi connectivity index (χ0v) is 19.1. The molecule has 9 heteroatoms. The smallest absolute Gasteiger partial charge is 0.289 e. The number of piperidine rings is 1. The molecule has 1 aliphatic heterocycles. The topological polar surface area (TPSA) is 91.4 Å². The Bertz CT molecular complexity index is 898. The zero-order valence-electron chi connectivity index (χ0n) is 17.5. The molecule has 3 heterocycles. The van der Waals surface area contributed by atoms with Gasteiger partial charge in [-0.15, -0.1) is 11.3 Å². The minimum absolute atomic E-state index is 0.218.